The molecule has 7 nitrogen and oxygen atoms in total. The van der Waals surface area contributed by atoms with E-state index in [1.807, 2.05) is 6.92 Å². The van der Waals surface area contributed by atoms with Crippen LogP contribution < -0.4 is 16.4 Å². The maximum absolute atomic E-state index is 6.30. The van der Waals surface area contributed by atoms with E-state index in [-0.39, 0.29) is 5.96 Å². The van der Waals surface area contributed by atoms with E-state index in [2.05, 4.69) is 39.6 Å². The zero-order chi connectivity index (χ0) is 17.6. The van der Waals surface area contributed by atoms with Crippen molar-refractivity contribution in [1.82, 2.24) is 9.55 Å². The van der Waals surface area contributed by atoms with Crippen LogP contribution >= 0.6 is 0 Å². The fourth-order valence-electron chi connectivity index (χ4n) is 4.27. The van der Waals surface area contributed by atoms with Crippen LogP contribution in [0.2, 0.25) is 0 Å². The second-order valence-corrected chi connectivity index (χ2v) is 6.89. The molecule has 0 atom stereocenters. The number of nitrogens with zero attached hydrogens (tertiary/aromatic N) is 5. The first-order valence-electron chi connectivity index (χ1n) is 9.01. The van der Waals surface area contributed by atoms with Gasteiger partial charge in [-0.2, -0.15) is 4.99 Å². The van der Waals surface area contributed by atoms with E-state index in [0.717, 1.165) is 54.8 Å². The predicted octanol–water partition coefficient (Wildman–Crippen LogP) is 2.47. The molecule has 0 saturated heterocycles. The van der Waals surface area contributed by atoms with Gasteiger partial charge in [0.15, 0.2) is 0 Å². The van der Waals surface area contributed by atoms with Crippen molar-refractivity contribution in [3.05, 3.63) is 24.0 Å². The molecule has 4 rings (SSSR count). The van der Waals surface area contributed by atoms with Crippen LogP contribution in [0.5, 0.6) is 0 Å². The Hall–Kier alpha value is -2.57. The molecule has 2 heterocycles. The summed E-state index contributed by atoms with van der Waals surface area (Å²) in [5.41, 5.74) is 14.9. The van der Waals surface area contributed by atoms with Crippen molar-refractivity contribution in [1.29, 1.82) is 0 Å². The van der Waals surface area contributed by atoms with E-state index in [1.165, 1.54) is 6.42 Å². The number of hydrogen-bond donors (Lipinski definition) is 2. The van der Waals surface area contributed by atoms with E-state index in [0.29, 0.717) is 5.96 Å². The summed E-state index contributed by atoms with van der Waals surface area (Å²) in [7, 11) is 0. The lowest BCUT2D eigenvalue weighted by Crippen LogP contribution is -2.58. The number of aliphatic imine (C=N–C) groups is 2. The van der Waals surface area contributed by atoms with E-state index in [1.54, 1.807) is 0 Å². The Morgan fingerprint density at radius 1 is 1.16 bits per heavy atom. The predicted molar refractivity (Wildman–Crippen MR) is 102 cm³/mol. The van der Waals surface area contributed by atoms with Gasteiger partial charge in [-0.25, -0.2) is 9.98 Å². The van der Waals surface area contributed by atoms with Crippen molar-refractivity contribution >= 4 is 28.6 Å². The first kappa shape index (κ1) is 15.9. The molecular formula is C18H25N7. The summed E-state index contributed by atoms with van der Waals surface area (Å²) in [5, 5.41) is 0. The normalized spacial score (nSPS) is 20.0. The average Bonchev–Trinajstić information content (AvgIpc) is 2.89. The average molecular weight is 339 g/mol. The smallest absolute Gasteiger partial charge is 0.220 e. The number of imidazole rings is 1. The maximum atomic E-state index is 6.30. The Morgan fingerprint density at radius 2 is 1.92 bits per heavy atom. The van der Waals surface area contributed by atoms with Crippen molar-refractivity contribution in [2.75, 3.05) is 4.90 Å². The lowest BCUT2D eigenvalue weighted by Gasteiger charge is -2.45. The molecule has 1 aromatic heterocycles. The van der Waals surface area contributed by atoms with E-state index < -0.39 is 5.66 Å². The molecule has 2 aliphatic rings. The minimum Gasteiger partial charge on any atom is -0.369 e. The number of aromatic nitrogens is 2. The van der Waals surface area contributed by atoms with Crippen molar-refractivity contribution in [3.8, 4) is 0 Å². The Labute approximate surface area is 147 Å². The molecule has 132 valence electrons. The van der Waals surface area contributed by atoms with Gasteiger partial charge in [-0.05, 0) is 57.7 Å². The van der Waals surface area contributed by atoms with Crippen LogP contribution in [0.3, 0.4) is 0 Å². The number of aryl methyl sites for hydroxylation is 2. The van der Waals surface area contributed by atoms with E-state index in [4.69, 9.17) is 21.4 Å². The Bertz CT molecular complexity index is 871. The molecule has 1 fully saturated rings. The number of fused-ring (bicyclic) bond motifs is 1. The van der Waals surface area contributed by atoms with Crippen molar-refractivity contribution < 1.29 is 0 Å². The van der Waals surface area contributed by atoms with Crippen LogP contribution in [0.25, 0.3) is 11.0 Å². The molecular weight excluding hydrogens is 314 g/mol. The fourth-order valence-corrected chi connectivity index (χ4v) is 4.27. The standard InChI is InChI=1S/C18H25N7/c1-3-24-12(2)21-14-11-13(7-8-15(14)24)25-17(20)22-16(19)23-18(25)9-5-4-6-10-18/h7-8,11H,3-6,9-10H2,1-2H3,(H4,19,20,22,23). The number of rotatable bonds is 2. The summed E-state index contributed by atoms with van der Waals surface area (Å²) in [5.74, 6) is 1.72. The molecule has 0 bridgehead atoms. The quantitative estimate of drug-likeness (QED) is 0.878. The molecule has 0 radical (unpaired) electrons. The summed E-state index contributed by atoms with van der Waals surface area (Å²) >= 11 is 0. The van der Waals surface area contributed by atoms with Crippen LogP contribution in [-0.4, -0.2) is 27.1 Å². The van der Waals surface area contributed by atoms with Gasteiger partial charge in [0.2, 0.25) is 11.9 Å². The minimum atomic E-state index is -0.412. The van der Waals surface area contributed by atoms with Crippen LogP contribution in [0.15, 0.2) is 28.2 Å². The Kier molecular flexibility index (Phi) is 3.67. The van der Waals surface area contributed by atoms with Gasteiger partial charge in [0.1, 0.15) is 11.5 Å². The first-order valence-corrected chi connectivity index (χ1v) is 9.01. The highest BCUT2D eigenvalue weighted by atomic mass is 15.4. The Balaban J connectivity index is 1.83. The molecule has 2 aromatic rings. The van der Waals surface area contributed by atoms with Crippen molar-refractivity contribution in [2.45, 2.75) is 58.2 Å². The summed E-state index contributed by atoms with van der Waals surface area (Å²) < 4.78 is 2.21. The van der Waals surface area contributed by atoms with Crippen molar-refractivity contribution in [2.24, 2.45) is 21.5 Å². The topological polar surface area (TPSA) is 97.8 Å². The lowest BCUT2D eigenvalue weighted by atomic mass is 9.87. The molecule has 0 unspecified atom stereocenters. The third-order valence-electron chi connectivity index (χ3n) is 5.35. The van der Waals surface area contributed by atoms with Crippen LogP contribution in [0, 0.1) is 6.92 Å². The lowest BCUT2D eigenvalue weighted by molar-refractivity contribution is 0.305. The van der Waals surface area contributed by atoms with Crippen molar-refractivity contribution in [3.63, 3.8) is 0 Å². The third-order valence-corrected chi connectivity index (χ3v) is 5.35. The molecule has 1 saturated carbocycles. The highest BCUT2D eigenvalue weighted by Crippen LogP contribution is 2.40. The SMILES string of the molecule is CCn1c(C)nc2cc(N3C(N)=NC(N)=NC34CCCCC4)ccc21. The number of hydrogen-bond acceptors (Lipinski definition) is 6. The molecule has 1 aliphatic carbocycles. The van der Waals surface area contributed by atoms with Gasteiger partial charge in [-0.15, -0.1) is 0 Å². The molecule has 7 heteroatoms. The van der Waals surface area contributed by atoms with Crippen LogP contribution in [0.1, 0.15) is 44.9 Å². The van der Waals surface area contributed by atoms with Crippen LogP contribution in [0.4, 0.5) is 5.69 Å². The maximum Gasteiger partial charge on any atom is 0.220 e. The Morgan fingerprint density at radius 3 is 2.64 bits per heavy atom. The number of guanidine groups is 2. The molecule has 1 spiro atoms. The number of nitrogens with two attached hydrogens (primary N) is 2. The fraction of sp³-hybridized carbons (Fsp3) is 0.500. The van der Waals surface area contributed by atoms with Gasteiger partial charge in [0.25, 0.3) is 0 Å². The van der Waals surface area contributed by atoms with Gasteiger partial charge >= 0.3 is 0 Å². The molecule has 1 aromatic carbocycles. The molecule has 25 heavy (non-hydrogen) atoms. The number of anilines is 1. The largest absolute Gasteiger partial charge is 0.369 e. The summed E-state index contributed by atoms with van der Waals surface area (Å²) in [4.78, 5) is 15.7. The second kappa shape index (κ2) is 5.75. The zero-order valence-corrected chi connectivity index (χ0v) is 14.9. The summed E-state index contributed by atoms with van der Waals surface area (Å²) in [6.07, 6.45) is 5.33. The molecule has 4 N–H and O–H groups in total. The van der Waals surface area contributed by atoms with E-state index in [9.17, 15) is 0 Å². The van der Waals surface area contributed by atoms with E-state index >= 15 is 0 Å². The highest BCUT2D eigenvalue weighted by molar-refractivity contribution is 6.06. The molecule has 1 aliphatic heterocycles. The highest BCUT2D eigenvalue weighted by Gasteiger charge is 2.42. The summed E-state index contributed by atoms with van der Waals surface area (Å²) in [6.45, 7) is 5.07. The second-order valence-electron chi connectivity index (χ2n) is 6.89. The zero-order valence-electron chi connectivity index (χ0n) is 14.9. The van der Waals surface area contributed by atoms with Crippen LogP contribution in [-0.2, 0) is 6.54 Å². The summed E-state index contributed by atoms with van der Waals surface area (Å²) in [6, 6.07) is 6.29. The van der Waals surface area contributed by atoms with Gasteiger partial charge in [-0.1, -0.05) is 6.42 Å². The minimum absolute atomic E-state index is 0.280. The van der Waals surface area contributed by atoms with Gasteiger partial charge in [0.05, 0.1) is 11.0 Å². The van der Waals surface area contributed by atoms with Gasteiger partial charge < -0.3 is 16.0 Å². The third kappa shape index (κ3) is 2.45. The molecule has 0 amide bonds. The first-order chi connectivity index (χ1) is 12.0. The number of benzene rings is 1. The van der Waals surface area contributed by atoms with Gasteiger partial charge in [0, 0.05) is 12.2 Å². The van der Waals surface area contributed by atoms with Gasteiger partial charge in [-0.3, -0.25) is 4.90 Å². The monoisotopic (exact) mass is 339 g/mol.